The zero-order valence-electron chi connectivity index (χ0n) is 24.6. The molecule has 11 nitrogen and oxygen atoms in total. The normalized spacial score (nSPS) is 18.1. The smallest absolute Gasteiger partial charge is 0.410 e. The molecule has 1 aromatic heterocycles. The average Bonchev–Trinajstić information content (AvgIpc) is 3.21. The first-order valence-electron chi connectivity index (χ1n) is 14.0. The van der Waals surface area contributed by atoms with Crippen molar-refractivity contribution < 1.29 is 28.2 Å². The van der Waals surface area contributed by atoms with E-state index in [1.807, 2.05) is 4.90 Å². The highest BCUT2D eigenvalue weighted by Crippen LogP contribution is 2.32. The Balaban J connectivity index is 1.39. The molecule has 0 radical (unpaired) electrons. The molecular formula is C30H36FN5O6. The summed E-state index contributed by atoms with van der Waals surface area (Å²) in [5, 5.41) is 0. The minimum Gasteiger partial charge on any atom is -0.497 e. The Morgan fingerprint density at radius 3 is 2.29 bits per heavy atom. The van der Waals surface area contributed by atoms with Crippen molar-refractivity contribution in [2.75, 3.05) is 38.2 Å². The Labute approximate surface area is 243 Å². The van der Waals surface area contributed by atoms with E-state index in [1.54, 1.807) is 69.2 Å². The lowest BCUT2D eigenvalue weighted by Crippen LogP contribution is -2.50. The number of carbonyl (C=O) groups excluding carboxylic acids is 3. The molecule has 0 spiro atoms. The van der Waals surface area contributed by atoms with Crippen molar-refractivity contribution in [3.8, 4) is 5.75 Å². The largest absolute Gasteiger partial charge is 0.497 e. The Hall–Kier alpha value is -4.35. The SMILES string of the molecule is COc1ccc(CN2C(=O)CCC(n3c(=O)n(C)c4c(F)c(N5CCN(C(=O)OC(C)(C)C)CC5)ccc43)C2=O)cc1. The summed E-state index contributed by atoms with van der Waals surface area (Å²) in [7, 11) is 3.03. The van der Waals surface area contributed by atoms with Gasteiger partial charge in [0.05, 0.1) is 24.9 Å². The van der Waals surface area contributed by atoms with Crippen LogP contribution in [-0.2, 0) is 27.9 Å². The van der Waals surface area contributed by atoms with Crippen LogP contribution in [0.5, 0.6) is 5.75 Å². The van der Waals surface area contributed by atoms with Gasteiger partial charge in [0.25, 0.3) is 5.91 Å². The number of imide groups is 1. The van der Waals surface area contributed by atoms with Crippen LogP contribution in [0.3, 0.4) is 0 Å². The molecule has 1 unspecified atom stereocenters. The van der Waals surface area contributed by atoms with Crippen molar-refractivity contribution in [1.82, 2.24) is 18.9 Å². The molecular weight excluding hydrogens is 545 g/mol. The molecule has 2 aromatic carbocycles. The minimum atomic E-state index is -0.945. The summed E-state index contributed by atoms with van der Waals surface area (Å²) in [6.07, 6.45) is -0.182. The number of amides is 3. The fourth-order valence-corrected chi connectivity index (χ4v) is 5.56. The topological polar surface area (TPSA) is 106 Å². The molecule has 0 N–H and O–H groups in total. The number of likely N-dealkylation sites (tertiary alicyclic amines) is 1. The van der Waals surface area contributed by atoms with Gasteiger partial charge in [-0.25, -0.2) is 14.0 Å². The van der Waals surface area contributed by atoms with Gasteiger partial charge in [0.15, 0.2) is 5.82 Å². The molecule has 0 bridgehead atoms. The van der Waals surface area contributed by atoms with E-state index in [2.05, 4.69) is 0 Å². The van der Waals surface area contributed by atoms with Crippen LogP contribution in [0.25, 0.3) is 11.0 Å². The number of piperidine rings is 1. The van der Waals surface area contributed by atoms with Gasteiger partial charge in [0.1, 0.15) is 22.9 Å². The molecule has 2 saturated heterocycles. The lowest BCUT2D eigenvalue weighted by molar-refractivity contribution is -0.151. The van der Waals surface area contributed by atoms with Gasteiger partial charge in [-0.3, -0.25) is 23.6 Å². The Morgan fingerprint density at radius 1 is 1.00 bits per heavy atom. The summed E-state index contributed by atoms with van der Waals surface area (Å²) in [5.41, 5.74) is 0.277. The van der Waals surface area contributed by atoms with Crippen molar-refractivity contribution in [2.24, 2.45) is 7.05 Å². The highest BCUT2D eigenvalue weighted by atomic mass is 19.1. The number of piperazine rings is 1. The molecule has 42 heavy (non-hydrogen) atoms. The van der Waals surface area contributed by atoms with Gasteiger partial charge in [0, 0.05) is 39.6 Å². The molecule has 3 heterocycles. The average molecular weight is 582 g/mol. The second-order valence-corrected chi connectivity index (χ2v) is 11.7. The van der Waals surface area contributed by atoms with Crippen molar-refractivity contribution >= 4 is 34.6 Å². The van der Waals surface area contributed by atoms with Gasteiger partial charge in [0.2, 0.25) is 5.91 Å². The van der Waals surface area contributed by atoms with Gasteiger partial charge in [-0.1, -0.05) is 12.1 Å². The number of aryl methyl sites for hydroxylation is 1. The van der Waals surface area contributed by atoms with Crippen LogP contribution in [-0.4, -0.2) is 75.7 Å². The van der Waals surface area contributed by atoms with Gasteiger partial charge in [-0.05, 0) is 57.0 Å². The number of aromatic nitrogens is 2. The van der Waals surface area contributed by atoms with Crippen LogP contribution in [0, 0.1) is 5.82 Å². The Morgan fingerprint density at radius 2 is 1.67 bits per heavy atom. The number of benzene rings is 2. The predicted molar refractivity (Wildman–Crippen MR) is 154 cm³/mol. The number of hydrogen-bond acceptors (Lipinski definition) is 7. The summed E-state index contributed by atoms with van der Waals surface area (Å²) in [6, 6.07) is 9.35. The maximum atomic E-state index is 16.1. The maximum Gasteiger partial charge on any atom is 0.410 e. The van der Waals surface area contributed by atoms with E-state index in [-0.39, 0.29) is 36.3 Å². The second-order valence-electron chi connectivity index (χ2n) is 11.7. The first kappa shape index (κ1) is 29.2. The third kappa shape index (κ3) is 5.45. The van der Waals surface area contributed by atoms with Crippen LogP contribution in [0.1, 0.15) is 45.2 Å². The quantitative estimate of drug-likeness (QED) is 0.425. The van der Waals surface area contributed by atoms with Crippen LogP contribution in [0.2, 0.25) is 0 Å². The molecule has 0 saturated carbocycles. The number of halogens is 1. The summed E-state index contributed by atoms with van der Waals surface area (Å²) in [4.78, 5) is 56.8. The standard InChI is InChI=1S/C30H36FN5O6/c1-30(2,3)42-29(40)34-16-14-33(15-17-34)21-10-11-22-26(25(21)31)32(4)28(39)36(22)23-12-13-24(37)35(27(23)38)18-19-6-8-20(41-5)9-7-19/h6-11,23H,12-18H2,1-5H3. The number of fused-ring (bicyclic) bond motifs is 1. The zero-order chi connectivity index (χ0) is 30.3. The fraction of sp³-hybridized carbons (Fsp3) is 0.467. The Kier molecular flexibility index (Phi) is 7.74. The highest BCUT2D eigenvalue weighted by Gasteiger charge is 2.38. The second kappa shape index (κ2) is 11.1. The minimum absolute atomic E-state index is 0.0610. The van der Waals surface area contributed by atoms with Gasteiger partial charge >= 0.3 is 11.8 Å². The first-order valence-corrected chi connectivity index (χ1v) is 14.0. The van der Waals surface area contributed by atoms with E-state index in [0.717, 1.165) is 10.5 Å². The van der Waals surface area contributed by atoms with Crippen LogP contribution < -0.4 is 15.3 Å². The summed E-state index contributed by atoms with van der Waals surface area (Å²) >= 11 is 0. The molecule has 2 fully saturated rings. The fourth-order valence-electron chi connectivity index (χ4n) is 5.56. The molecule has 1 atom stereocenters. The molecule has 3 amide bonds. The summed E-state index contributed by atoms with van der Waals surface area (Å²) < 4.78 is 29.2. The van der Waals surface area contributed by atoms with E-state index in [9.17, 15) is 19.2 Å². The van der Waals surface area contributed by atoms with Crippen LogP contribution >= 0.6 is 0 Å². The van der Waals surface area contributed by atoms with Crippen molar-refractivity contribution in [2.45, 2.75) is 51.8 Å². The number of imidazole rings is 1. The van der Waals surface area contributed by atoms with Crippen molar-refractivity contribution in [3.63, 3.8) is 0 Å². The third-order valence-corrected chi connectivity index (χ3v) is 7.73. The molecule has 224 valence electrons. The summed E-state index contributed by atoms with van der Waals surface area (Å²) in [5.74, 6) is -0.744. The van der Waals surface area contributed by atoms with E-state index in [0.29, 0.717) is 37.6 Å². The van der Waals surface area contributed by atoms with Crippen LogP contribution in [0.15, 0.2) is 41.2 Å². The Bertz CT molecular complexity index is 1580. The summed E-state index contributed by atoms with van der Waals surface area (Å²) in [6.45, 7) is 6.98. The monoisotopic (exact) mass is 581 g/mol. The lowest BCUT2D eigenvalue weighted by atomic mass is 10.0. The maximum absolute atomic E-state index is 16.1. The van der Waals surface area contributed by atoms with Crippen LogP contribution in [0.4, 0.5) is 14.9 Å². The highest BCUT2D eigenvalue weighted by molar-refractivity contribution is 6.00. The number of methoxy groups -OCH3 is 1. The molecule has 12 heteroatoms. The molecule has 5 rings (SSSR count). The number of nitrogens with zero attached hydrogens (tertiary/aromatic N) is 5. The number of anilines is 1. The van der Waals surface area contributed by atoms with E-state index < -0.39 is 35.2 Å². The van der Waals surface area contributed by atoms with Gasteiger partial charge in [-0.2, -0.15) is 0 Å². The third-order valence-electron chi connectivity index (χ3n) is 7.73. The number of ether oxygens (including phenoxy) is 2. The molecule has 2 aliphatic heterocycles. The number of carbonyl (C=O) groups is 3. The van der Waals surface area contributed by atoms with E-state index >= 15 is 4.39 Å². The van der Waals surface area contributed by atoms with E-state index in [1.165, 1.54) is 16.2 Å². The lowest BCUT2D eigenvalue weighted by Gasteiger charge is -2.37. The number of rotatable bonds is 5. The van der Waals surface area contributed by atoms with Crippen molar-refractivity contribution in [3.05, 3.63) is 58.3 Å². The molecule has 0 aliphatic carbocycles. The molecule has 3 aromatic rings. The van der Waals surface area contributed by atoms with Crippen molar-refractivity contribution in [1.29, 1.82) is 0 Å². The first-order chi connectivity index (χ1) is 19.9. The number of hydrogen-bond donors (Lipinski definition) is 0. The predicted octanol–water partition coefficient (Wildman–Crippen LogP) is 3.44. The zero-order valence-corrected chi connectivity index (χ0v) is 24.6. The van der Waals surface area contributed by atoms with E-state index in [4.69, 9.17) is 9.47 Å². The van der Waals surface area contributed by atoms with Gasteiger partial charge in [-0.15, -0.1) is 0 Å². The molecule has 2 aliphatic rings. The van der Waals surface area contributed by atoms with Gasteiger partial charge < -0.3 is 19.3 Å².